The van der Waals surface area contributed by atoms with Crippen LogP contribution in [0.5, 0.6) is 0 Å². The van der Waals surface area contributed by atoms with E-state index < -0.39 is 0 Å². The van der Waals surface area contributed by atoms with Crippen molar-refractivity contribution in [2.45, 2.75) is 58.4 Å². The smallest absolute Gasteiger partial charge is 0.309 e. The second-order valence-corrected chi connectivity index (χ2v) is 9.73. The number of piperidine rings is 1. The van der Waals surface area contributed by atoms with E-state index >= 15 is 4.39 Å². The molecule has 0 spiro atoms. The minimum Gasteiger partial charge on any atom is -0.466 e. The van der Waals surface area contributed by atoms with Crippen molar-refractivity contribution in [3.63, 3.8) is 0 Å². The monoisotopic (exact) mass is 458 g/mol. The molecule has 1 aromatic carbocycles. The average Bonchev–Trinajstić information content (AvgIpc) is 3.13. The Hall–Kier alpha value is -2.25. The molecule has 0 saturated carbocycles. The molecule has 1 fully saturated rings. The minimum absolute atomic E-state index is 0.112. The Balaban J connectivity index is 1.74. The summed E-state index contributed by atoms with van der Waals surface area (Å²) in [6, 6.07) is 6.64. The van der Waals surface area contributed by atoms with Crippen LogP contribution in [0.3, 0.4) is 0 Å². The average molecular weight is 459 g/mol. The number of fused-ring (bicyclic) bond motifs is 1. The maximum Gasteiger partial charge on any atom is 0.309 e. The maximum absolute atomic E-state index is 15.1. The summed E-state index contributed by atoms with van der Waals surface area (Å²) >= 11 is 1.64. The van der Waals surface area contributed by atoms with Gasteiger partial charge in [0.1, 0.15) is 10.8 Å². The van der Waals surface area contributed by atoms with E-state index in [9.17, 15) is 9.59 Å². The van der Waals surface area contributed by atoms with Gasteiger partial charge in [0.15, 0.2) is 0 Å². The molecule has 1 unspecified atom stereocenters. The number of thiophene rings is 1. The molecule has 7 heteroatoms. The number of nitrogens with one attached hydrogen (secondary N) is 1. The van der Waals surface area contributed by atoms with E-state index in [1.807, 2.05) is 19.1 Å². The Labute approximate surface area is 193 Å². The first-order chi connectivity index (χ1) is 15.5. The van der Waals surface area contributed by atoms with Crippen molar-refractivity contribution in [3.05, 3.63) is 51.7 Å². The maximum atomic E-state index is 15.1. The zero-order valence-electron chi connectivity index (χ0n) is 18.8. The summed E-state index contributed by atoms with van der Waals surface area (Å²) in [5.74, 6) is -0.604. The Kier molecular flexibility index (Phi) is 7.26. The first-order valence-corrected chi connectivity index (χ1v) is 12.4. The summed E-state index contributed by atoms with van der Waals surface area (Å²) in [5, 5.41) is 3.88. The number of ether oxygens (including phenoxy) is 1. The van der Waals surface area contributed by atoms with Gasteiger partial charge in [-0.05, 0) is 70.2 Å². The topological polar surface area (TPSA) is 58.6 Å². The number of carbonyl (C=O) groups excluding carboxylic acids is 2. The molecule has 1 amide bonds. The SMILES string of the molecule is CCOC(=O)C1CCN(C(c2ccccc2F)c2c(NC(C)=O)sc3c2CCCC3)CC1. The first kappa shape index (κ1) is 22.9. The number of rotatable bonds is 6. The molecular formula is C25H31FN2O3S. The van der Waals surface area contributed by atoms with Crippen molar-refractivity contribution >= 4 is 28.2 Å². The molecule has 4 rings (SSSR count). The number of hydrogen-bond acceptors (Lipinski definition) is 5. The van der Waals surface area contributed by atoms with Gasteiger partial charge in [-0.3, -0.25) is 14.5 Å². The van der Waals surface area contributed by atoms with Gasteiger partial charge in [-0.1, -0.05) is 18.2 Å². The van der Waals surface area contributed by atoms with Crippen molar-refractivity contribution in [1.29, 1.82) is 0 Å². The molecule has 1 aliphatic carbocycles. The standard InChI is InChI=1S/C25H31FN2O3S/c1-3-31-25(30)17-12-14-28(15-13-17)23(18-8-4-6-10-20(18)26)22-19-9-5-7-11-21(19)32-24(22)27-16(2)29/h4,6,8,10,17,23H,3,5,7,9,11-15H2,1-2H3,(H,27,29). The van der Waals surface area contributed by atoms with Crippen LogP contribution in [0.4, 0.5) is 9.39 Å². The van der Waals surface area contributed by atoms with E-state index in [1.165, 1.54) is 23.4 Å². The van der Waals surface area contributed by atoms with Crippen molar-refractivity contribution in [1.82, 2.24) is 4.90 Å². The van der Waals surface area contributed by atoms with E-state index in [2.05, 4.69) is 10.2 Å². The fourth-order valence-electron chi connectivity index (χ4n) is 5.02. The van der Waals surface area contributed by atoms with E-state index in [0.29, 0.717) is 38.1 Å². The highest BCUT2D eigenvalue weighted by Crippen LogP contribution is 2.46. The number of anilines is 1. The number of hydrogen-bond donors (Lipinski definition) is 1. The summed E-state index contributed by atoms with van der Waals surface area (Å²) in [6.45, 7) is 5.08. The summed E-state index contributed by atoms with van der Waals surface area (Å²) in [7, 11) is 0. The Bertz CT molecular complexity index is 982. The van der Waals surface area contributed by atoms with Crippen molar-refractivity contribution in [2.24, 2.45) is 5.92 Å². The number of likely N-dealkylation sites (tertiary alicyclic amines) is 1. The Morgan fingerprint density at radius 2 is 1.94 bits per heavy atom. The number of nitrogens with zero attached hydrogens (tertiary/aromatic N) is 1. The molecular weight excluding hydrogens is 427 g/mol. The molecule has 32 heavy (non-hydrogen) atoms. The first-order valence-electron chi connectivity index (χ1n) is 11.6. The molecule has 2 aliphatic rings. The van der Waals surface area contributed by atoms with Gasteiger partial charge in [0.05, 0.1) is 18.6 Å². The van der Waals surface area contributed by atoms with Crippen LogP contribution < -0.4 is 5.32 Å². The van der Waals surface area contributed by atoms with Crippen LogP contribution in [0.1, 0.15) is 67.1 Å². The normalized spacial score (nSPS) is 18.1. The second-order valence-electron chi connectivity index (χ2n) is 8.62. The number of amides is 1. The van der Waals surface area contributed by atoms with E-state index in [0.717, 1.165) is 36.2 Å². The third-order valence-electron chi connectivity index (χ3n) is 6.49. The highest BCUT2D eigenvalue weighted by atomic mass is 32.1. The highest BCUT2D eigenvalue weighted by Gasteiger charge is 2.36. The number of benzene rings is 1. The van der Waals surface area contributed by atoms with Crippen LogP contribution in [0.2, 0.25) is 0 Å². The molecule has 2 aromatic rings. The number of carbonyl (C=O) groups is 2. The summed E-state index contributed by atoms with van der Waals surface area (Å²) in [6.07, 6.45) is 5.57. The lowest BCUT2D eigenvalue weighted by atomic mass is 9.86. The van der Waals surface area contributed by atoms with Gasteiger partial charge in [-0.2, -0.15) is 0 Å². The molecule has 172 valence electrons. The highest BCUT2D eigenvalue weighted by molar-refractivity contribution is 7.16. The van der Waals surface area contributed by atoms with Crippen molar-refractivity contribution < 1.29 is 18.7 Å². The van der Waals surface area contributed by atoms with E-state index in [4.69, 9.17) is 4.74 Å². The van der Waals surface area contributed by atoms with Crippen molar-refractivity contribution in [2.75, 3.05) is 25.0 Å². The Morgan fingerprint density at radius 3 is 2.62 bits per heavy atom. The molecule has 1 N–H and O–H groups in total. The number of halogens is 1. The van der Waals surface area contributed by atoms with Gasteiger partial charge >= 0.3 is 5.97 Å². The van der Waals surface area contributed by atoms with Gasteiger partial charge in [0, 0.05) is 22.9 Å². The van der Waals surface area contributed by atoms with E-state index in [-0.39, 0.29) is 29.7 Å². The summed E-state index contributed by atoms with van der Waals surface area (Å²) in [5.41, 5.74) is 2.94. The lowest BCUT2D eigenvalue weighted by Crippen LogP contribution is -2.40. The fourth-order valence-corrected chi connectivity index (χ4v) is 6.38. The molecule has 0 bridgehead atoms. The van der Waals surface area contributed by atoms with Gasteiger partial charge in [0.2, 0.25) is 5.91 Å². The second kappa shape index (κ2) is 10.1. The predicted octanol–water partition coefficient (Wildman–Crippen LogP) is 5.09. The van der Waals surface area contributed by atoms with Crippen LogP contribution in [-0.4, -0.2) is 36.5 Å². The summed E-state index contributed by atoms with van der Waals surface area (Å²) in [4.78, 5) is 27.8. The molecule has 1 atom stereocenters. The Morgan fingerprint density at radius 1 is 1.22 bits per heavy atom. The number of aryl methyl sites for hydroxylation is 1. The zero-order valence-corrected chi connectivity index (χ0v) is 19.6. The van der Waals surface area contributed by atoms with Crippen LogP contribution in [0.15, 0.2) is 24.3 Å². The molecule has 0 radical (unpaired) electrons. The summed E-state index contributed by atoms with van der Waals surface area (Å²) < 4.78 is 20.4. The third kappa shape index (κ3) is 4.74. The third-order valence-corrected chi connectivity index (χ3v) is 7.71. The van der Waals surface area contributed by atoms with E-state index in [1.54, 1.807) is 17.4 Å². The predicted molar refractivity (Wildman–Crippen MR) is 124 cm³/mol. The minimum atomic E-state index is -0.292. The van der Waals surface area contributed by atoms with Crippen LogP contribution in [0, 0.1) is 11.7 Å². The lowest BCUT2D eigenvalue weighted by Gasteiger charge is -2.38. The molecule has 5 nitrogen and oxygen atoms in total. The van der Waals surface area contributed by atoms with Gasteiger partial charge in [-0.15, -0.1) is 11.3 Å². The molecule has 1 aromatic heterocycles. The zero-order chi connectivity index (χ0) is 22.7. The van der Waals surface area contributed by atoms with Gasteiger partial charge in [-0.25, -0.2) is 4.39 Å². The number of esters is 1. The van der Waals surface area contributed by atoms with Crippen LogP contribution in [0.25, 0.3) is 0 Å². The van der Waals surface area contributed by atoms with Gasteiger partial charge < -0.3 is 10.1 Å². The molecule has 2 heterocycles. The van der Waals surface area contributed by atoms with Crippen molar-refractivity contribution in [3.8, 4) is 0 Å². The largest absolute Gasteiger partial charge is 0.466 e. The molecule has 1 aliphatic heterocycles. The van der Waals surface area contributed by atoms with Crippen LogP contribution >= 0.6 is 11.3 Å². The molecule has 1 saturated heterocycles. The fraction of sp³-hybridized carbons (Fsp3) is 0.520. The quantitative estimate of drug-likeness (QED) is 0.613. The van der Waals surface area contributed by atoms with Crippen LogP contribution in [-0.2, 0) is 27.2 Å². The van der Waals surface area contributed by atoms with Gasteiger partial charge in [0.25, 0.3) is 0 Å². The lowest BCUT2D eigenvalue weighted by molar-refractivity contribution is -0.149.